The second-order valence-corrected chi connectivity index (χ2v) is 6.38. The van der Waals surface area contributed by atoms with Gasteiger partial charge in [-0.25, -0.2) is 0 Å². The summed E-state index contributed by atoms with van der Waals surface area (Å²) in [6.45, 7) is 8.79. The highest BCUT2D eigenvalue weighted by Crippen LogP contribution is 2.32. The zero-order valence-corrected chi connectivity index (χ0v) is 13.4. The number of nitrogens with one attached hydrogen (secondary N) is 1. The molecule has 3 nitrogen and oxygen atoms in total. The molecule has 1 aliphatic rings. The molecule has 0 aliphatic heterocycles. The number of nitriles is 1. The van der Waals surface area contributed by atoms with Crippen molar-refractivity contribution in [1.82, 2.24) is 10.2 Å². The summed E-state index contributed by atoms with van der Waals surface area (Å²) in [5.41, 5.74) is -0.308. The van der Waals surface area contributed by atoms with Crippen LogP contribution in [0.15, 0.2) is 0 Å². The summed E-state index contributed by atoms with van der Waals surface area (Å²) in [4.78, 5) is 2.52. The maximum atomic E-state index is 9.61. The van der Waals surface area contributed by atoms with E-state index in [2.05, 4.69) is 51.0 Å². The third-order valence-corrected chi connectivity index (χ3v) is 4.60. The standard InChI is InChI=1S/C16H31N3/c1-6-14(7-2)19(5)15-9-8-10-16(11-15,12-17)18-13(3)4/h13-15,18H,6-11H2,1-5H3. The fourth-order valence-corrected chi connectivity index (χ4v) is 3.57. The van der Waals surface area contributed by atoms with Gasteiger partial charge >= 0.3 is 0 Å². The molecule has 0 saturated heterocycles. The first kappa shape index (κ1) is 16.5. The third kappa shape index (κ3) is 4.19. The molecule has 0 aromatic heterocycles. The highest BCUT2D eigenvalue weighted by atomic mass is 15.2. The van der Waals surface area contributed by atoms with Crippen molar-refractivity contribution in [2.24, 2.45) is 0 Å². The molecule has 3 heteroatoms. The van der Waals surface area contributed by atoms with E-state index in [0.29, 0.717) is 18.1 Å². The Kier molecular flexibility index (Phi) is 6.29. The lowest BCUT2D eigenvalue weighted by atomic mass is 9.78. The average Bonchev–Trinajstić information content (AvgIpc) is 2.39. The molecule has 2 atom stereocenters. The fourth-order valence-electron chi connectivity index (χ4n) is 3.57. The van der Waals surface area contributed by atoms with E-state index in [0.717, 1.165) is 19.3 Å². The fraction of sp³-hybridized carbons (Fsp3) is 0.938. The summed E-state index contributed by atoms with van der Waals surface area (Å²) in [5.74, 6) is 0. The maximum Gasteiger partial charge on any atom is 0.108 e. The van der Waals surface area contributed by atoms with Crippen LogP contribution in [-0.4, -0.2) is 35.6 Å². The van der Waals surface area contributed by atoms with E-state index in [1.54, 1.807) is 0 Å². The van der Waals surface area contributed by atoms with Gasteiger partial charge in [0, 0.05) is 18.1 Å². The van der Waals surface area contributed by atoms with E-state index in [1.165, 1.54) is 19.3 Å². The molecule has 110 valence electrons. The SMILES string of the molecule is CCC(CC)N(C)C1CCCC(C#N)(NC(C)C)C1. The molecular formula is C16H31N3. The van der Waals surface area contributed by atoms with Gasteiger partial charge in [0.05, 0.1) is 6.07 Å². The first-order valence-electron chi connectivity index (χ1n) is 7.88. The third-order valence-electron chi connectivity index (χ3n) is 4.60. The Labute approximate surface area is 119 Å². The van der Waals surface area contributed by atoms with Gasteiger partial charge in [0.2, 0.25) is 0 Å². The van der Waals surface area contributed by atoms with Crippen LogP contribution in [0.4, 0.5) is 0 Å². The van der Waals surface area contributed by atoms with Crippen molar-refractivity contribution in [1.29, 1.82) is 5.26 Å². The Bertz CT molecular complexity index is 304. The topological polar surface area (TPSA) is 39.1 Å². The Hall–Kier alpha value is -0.590. The maximum absolute atomic E-state index is 9.61. The lowest BCUT2D eigenvalue weighted by Crippen LogP contribution is -2.55. The summed E-state index contributed by atoms with van der Waals surface area (Å²) in [6, 6.07) is 4.14. The molecule has 1 rings (SSSR count). The van der Waals surface area contributed by atoms with Crippen LogP contribution in [0.2, 0.25) is 0 Å². The minimum absolute atomic E-state index is 0.308. The minimum Gasteiger partial charge on any atom is -0.300 e. The molecule has 1 N–H and O–H groups in total. The van der Waals surface area contributed by atoms with Crippen LogP contribution in [0, 0.1) is 11.3 Å². The monoisotopic (exact) mass is 265 g/mol. The average molecular weight is 265 g/mol. The Morgan fingerprint density at radius 1 is 1.37 bits per heavy atom. The lowest BCUT2D eigenvalue weighted by molar-refractivity contribution is 0.0981. The van der Waals surface area contributed by atoms with Crippen molar-refractivity contribution < 1.29 is 0 Å². The van der Waals surface area contributed by atoms with Crippen molar-refractivity contribution in [3.8, 4) is 6.07 Å². The van der Waals surface area contributed by atoms with E-state index < -0.39 is 0 Å². The molecule has 19 heavy (non-hydrogen) atoms. The zero-order valence-electron chi connectivity index (χ0n) is 13.4. The van der Waals surface area contributed by atoms with Crippen LogP contribution in [0.3, 0.4) is 0 Å². The van der Waals surface area contributed by atoms with Gasteiger partial charge in [-0.05, 0) is 59.4 Å². The Morgan fingerprint density at radius 3 is 2.47 bits per heavy atom. The van der Waals surface area contributed by atoms with Crippen molar-refractivity contribution >= 4 is 0 Å². The molecule has 1 aliphatic carbocycles. The smallest absolute Gasteiger partial charge is 0.108 e. The molecule has 0 radical (unpaired) electrons. The lowest BCUT2D eigenvalue weighted by Gasteiger charge is -2.43. The molecule has 0 bridgehead atoms. The predicted molar refractivity (Wildman–Crippen MR) is 81.0 cm³/mol. The van der Waals surface area contributed by atoms with E-state index in [9.17, 15) is 5.26 Å². The second-order valence-electron chi connectivity index (χ2n) is 6.38. The van der Waals surface area contributed by atoms with Gasteiger partial charge in [-0.2, -0.15) is 5.26 Å². The number of rotatable bonds is 6. The highest BCUT2D eigenvalue weighted by molar-refractivity contribution is 5.11. The zero-order chi connectivity index (χ0) is 14.5. The van der Waals surface area contributed by atoms with Gasteiger partial charge in [-0.15, -0.1) is 0 Å². The largest absolute Gasteiger partial charge is 0.300 e. The van der Waals surface area contributed by atoms with Crippen LogP contribution in [0.5, 0.6) is 0 Å². The van der Waals surface area contributed by atoms with Crippen LogP contribution >= 0.6 is 0 Å². The van der Waals surface area contributed by atoms with Crippen molar-refractivity contribution in [3.63, 3.8) is 0 Å². The van der Waals surface area contributed by atoms with Crippen molar-refractivity contribution in [3.05, 3.63) is 0 Å². The van der Waals surface area contributed by atoms with Gasteiger partial charge in [0.25, 0.3) is 0 Å². The molecule has 2 unspecified atom stereocenters. The normalized spacial score (nSPS) is 28.1. The summed E-state index contributed by atoms with van der Waals surface area (Å²) in [5, 5.41) is 13.1. The Balaban J connectivity index is 2.75. The van der Waals surface area contributed by atoms with E-state index in [-0.39, 0.29) is 5.54 Å². The molecule has 1 saturated carbocycles. The quantitative estimate of drug-likeness (QED) is 0.801. The second kappa shape index (κ2) is 7.26. The van der Waals surface area contributed by atoms with E-state index in [1.807, 2.05) is 0 Å². The van der Waals surface area contributed by atoms with E-state index >= 15 is 0 Å². The first-order valence-corrected chi connectivity index (χ1v) is 7.88. The molecule has 0 aromatic rings. The Morgan fingerprint density at radius 2 is 2.00 bits per heavy atom. The van der Waals surface area contributed by atoms with Crippen LogP contribution in [0.1, 0.15) is 66.2 Å². The van der Waals surface area contributed by atoms with Crippen LogP contribution < -0.4 is 5.32 Å². The van der Waals surface area contributed by atoms with E-state index in [4.69, 9.17) is 0 Å². The first-order chi connectivity index (χ1) is 8.98. The number of nitrogens with zero attached hydrogens (tertiary/aromatic N) is 2. The van der Waals surface area contributed by atoms with Gasteiger partial charge in [-0.1, -0.05) is 13.8 Å². The van der Waals surface area contributed by atoms with Gasteiger partial charge < -0.3 is 4.90 Å². The number of hydrogen-bond acceptors (Lipinski definition) is 3. The molecule has 0 spiro atoms. The molecule has 1 fully saturated rings. The van der Waals surface area contributed by atoms with Gasteiger partial charge in [0.1, 0.15) is 5.54 Å². The summed E-state index contributed by atoms with van der Waals surface area (Å²) < 4.78 is 0. The number of hydrogen-bond donors (Lipinski definition) is 1. The summed E-state index contributed by atoms with van der Waals surface area (Å²) in [6.07, 6.45) is 6.74. The minimum atomic E-state index is -0.308. The molecular weight excluding hydrogens is 234 g/mol. The van der Waals surface area contributed by atoms with Crippen molar-refractivity contribution in [2.45, 2.75) is 89.9 Å². The molecule has 0 aromatic carbocycles. The van der Waals surface area contributed by atoms with Gasteiger partial charge in [-0.3, -0.25) is 5.32 Å². The summed E-state index contributed by atoms with van der Waals surface area (Å²) in [7, 11) is 2.24. The summed E-state index contributed by atoms with van der Waals surface area (Å²) >= 11 is 0. The van der Waals surface area contributed by atoms with Gasteiger partial charge in [0.15, 0.2) is 0 Å². The molecule has 0 amide bonds. The molecule has 0 heterocycles. The van der Waals surface area contributed by atoms with Crippen LogP contribution in [-0.2, 0) is 0 Å². The predicted octanol–water partition coefficient (Wildman–Crippen LogP) is 3.31. The van der Waals surface area contributed by atoms with Crippen molar-refractivity contribution in [2.75, 3.05) is 7.05 Å². The van der Waals surface area contributed by atoms with Crippen LogP contribution in [0.25, 0.3) is 0 Å². The highest BCUT2D eigenvalue weighted by Gasteiger charge is 2.39.